The SMILES string of the molecule is CCC(OC(=O)O)C(CC)(OC(=O)O)Sc1nc2ccccc2[nH]1. The van der Waals surface area contributed by atoms with Crippen molar-refractivity contribution in [2.45, 2.75) is 42.9 Å². The van der Waals surface area contributed by atoms with E-state index in [9.17, 15) is 9.59 Å². The largest absolute Gasteiger partial charge is 0.507 e. The summed E-state index contributed by atoms with van der Waals surface area (Å²) in [7, 11) is 0. The lowest BCUT2D eigenvalue weighted by atomic mass is 10.1. The van der Waals surface area contributed by atoms with E-state index in [0.717, 1.165) is 17.3 Å². The van der Waals surface area contributed by atoms with Crippen LogP contribution < -0.4 is 0 Å². The normalized spacial score (nSPS) is 14.8. The Morgan fingerprint density at radius 1 is 1.29 bits per heavy atom. The second kappa shape index (κ2) is 7.43. The maximum absolute atomic E-state index is 11.2. The van der Waals surface area contributed by atoms with Crippen LogP contribution in [0.3, 0.4) is 0 Å². The summed E-state index contributed by atoms with van der Waals surface area (Å²) in [4.78, 5) is 28.1. The number of fused-ring (bicyclic) bond motifs is 1. The number of nitrogens with zero attached hydrogens (tertiary/aromatic N) is 1. The predicted molar refractivity (Wildman–Crippen MR) is 87.3 cm³/mol. The minimum atomic E-state index is -1.51. The van der Waals surface area contributed by atoms with Crippen LogP contribution >= 0.6 is 11.8 Å². The van der Waals surface area contributed by atoms with Gasteiger partial charge in [-0.3, -0.25) is 0 Å². The topological polar surface area (TPSA) is 122 Å². The second-order valence-electron chi connectivity index (χ2n) is 4.98. The maximum atomic E-state index is 11.2. The van der Waals surface area contributed by atoms with Gasteiger partial charge in [0.25, 0.3) is 0 Å². The highest BCUT2D eigenvalue weighted by Crippen LogP contribution is 2.41. The van der Waals surface area contributed by atoms with Gasteiger partial charge in [-0.25, -0.2) is 14.6 Å². The Hall–Kier alpha value is -2.42. The van der Waals surface area contributed by atoms with E-state index in [-0.39, 0.29) is 12.8 Å². The highest BCUT2D eigenvalue weighted by atomic mass is 32.2. The van der Waals surface area contributed by atoms with E-state index in [1.165, 1.54) is 0 Å². The fourth-order valence-corrected chi connectivity index (χ4v) is 3.66. The monoisotopic (exact) mass is 354 g/mol. The fraction of sp³-hybridized carbons (Fsp3) is 0.400. The van der Waals surface area contributed by atoms with E-state index >= 15 is 0 Å². The van der Waals surface area contributed by atoms with Crippen molar-refractivity contribution in [3.05, 3.63) is 24.3 Å². The second-order valence-corrected chi connectivity index (χ2v) is 6.26. The number of rotatable bonds is 7. The molecular weight excluding hydrogens is 336 g/mol. The average Bonchev–Trinajstić information content (AvgIpc) is 2.93. The number of hydrogen-bond acceptors (Lipinski definition) is 6. The zero-order chi connectivity index (χ0) is 17.7. The summed E-state index contributed by atoms with van der Waals surface area (Å²) in [6.45, 7) is 3.40. The first-order valence-corrected chi connectivity index (χ1v) is 8.17. The third kappa shape index (κ3) is 3.91. The van der Waals surface area contributed by atoms with Gasteiger partial charge in [0.2, 0.25) is 4.93 Å². The van der Waals surface area contributed by atoms with Crippen LogP contribution in [0.4, 0.5) is 9.59 Å². The highest BCUT2D eigenvalue weighted by molar-refractivity contribution is 8.00. The van der Waals surface area contributed by atoms with Gasteiger partial charge in [-0.2, -0.15) is 0 Å². The maximum Gasteiger partial charge on any atom is 0.507 e. The molecule has 1 aromatic heterocycles. The summed E-state index contributed by atoms with van der Waals surface area (Å²) < 4.78 is 9.94. The van der Waals surface area contributed by atoms with Crippen LogP contribution in [0.15, 0.2) is 29.4 Å². The summed E-state index contributed by atoms with van der Waals surface area (Å²) in [5.74, 6) is 0. The summed E-state index contributed by atoms with van der Waals surface area (Å²) in [5, 5.41) is 18.5. The number of benzene rings is 1. The van der Waals surface area contributed by atoms with Crippen molar-refractivity contribution in [3.63, 3.8) is 0 Å². The van der Waals surface area contributed by atoms with Gasteiger partial charge in [0.1, 0.15) is 0 Å². The van der Waals surface area contributed by atoms with Crippen molar-refractivity contribution >= 4 is 35.1 Å². The number of imidazole rings is 1. The molecule has 0 fully saturated rings. The van der Waals surface area contributed by atoms with Gasteiger partial charge in [0, 0.05) is 0 Å². The lowest BCUT2D eigenvalue weighted by Crippen LogP contribution is -2.45. The van der Waals surface area contributed by atoms with Gasteiger partial charge < -0.3 is 24.7 Å². The number of aromatic amines is 1. The van der Waals surface area contributed by atoms with Crippen LogP contribution in [0, 0.1) is 0 Å². The van der Waals surface area contributed by atoms with Crippen LogP contribution in [-0.4, -0.2) is 43.5 Å². The first kappa shape index (κ1) is 17.9. The van der Waals surface area contributed by atoms with Gasteiger partial charge in [-0.15, -0.1) is 0 Å². The van der Waals surface area contributed by atoms with Gasteiger partial charge in [0.05, 0.1) is 11.0 Å². The minimum absolute atomic E-state index is 0.201. The number of carboxylic acid groups (broad SMARTS) is 2. The molecule has 9 heteroatoms. The Labute approximate surface area is 142 Å². The number of aromatic nitrogens is 2. The smallest absolute Gasteiger partial charge is 0.450 e. The van der Waals surface area contributed by atoms with Crippen molar-refractivity contribution < 1.29 is 29.3 Å². The standard InChI is InChI=1S/C15H18N2O6S/c1-3-11(22-13(18)19)15(4-2,23-14(20)21)24-12-16-9-7-5-6-8-10(9)17-12/h5-8,11H,3-4H2,1-2H3,(H,16,17)(H,18,19)(H,20,21). The number of ether oxygens (including phenoxy) is 2. The molecule has 0 amide bonds. The average molecular weight is 354 g/mol. The van der Waals surface area contributed by atoms with Crippen molar-refractivity contribution in [1.82, 2.24) is 9.97 Å². The molecule has 1 aromatic carbocycles. The number of hydrogen-bond donors (Lipinski definition) is 3. The van der Waals surface area contributed by atoms with Gasteiger partial charge in [-0.05, 0) is 36.7 Å². The fourth-order valence-electron chi connectivity index (χ4n) is 2.42. The molecule has 0 spiro atoms. The molecule has 0 saturated heterocycles. The molecule has 2 rings (SSSR count). The summed E-state index contributed by atoms with van der Waals surface area (Å²) in [5.41, 5.74) is 1.50. The number of H-pyrrole nitrogens is 1. The summed E-state index contributed by atoms with van der Waals surface area (Å²) >= 11 is 1.01. The van der Waals surface area contributed by atoms with Crippen molar-refractivity contribution in [2.75, 3.05) is 0 Å². The van der Waals surface area contributed by atoms with Crippen molar-refractivity contribution in [1.29, 1.82) is 0 Å². The van der Waals surface area contributed by atoms with Crippen LogP contribution in [-0.2, 0) is 9.47 Å². The zero-order valence-corrected chi connectivity index (χ0v) is 14.0. The number of carbonyl (C=O) groups is 2. The zero-order valence-electron chi connectivity index (χ0n) is 13.2. The Kier molecular flexibility index (Phi) is 5.55. The third-order valence-corrected chi connectivity index (χ3v) is 4.86. The molecule has 2 aromatic rings. The molecule has 2 atom stereocenters. The molecule has 0 bridgehead atoms. The predicted octanol–water partition coefficient (Wildman–Crippen LogP) is 3.93. The first-order valence-electron chi connectivity index (χ1n) is 7.35. The Morgan fingerprint density at radius 2 is 2.00 bits per heavy atom. The Bertz CT molecular complexity index is 701. The molecule has 2 unspecified atom stereocenters. The molecule has 0 saturated carbocycles. The van der Waals surface area contributed by atoms with E-state index in [0.29, 0.717) is 10.7 Å². The molecule has 3 N–H and O–H groups in total. The molecule has 130 valence electrons. The molecular formula is C15H18N2O6S. The lowest BCUT2D eigenvalue weighted by molar-refractivity contribution is -0.0608. The van der Waals surface area contributed by atoms with Crippen LogP contribution in [0.5, 0.6) is 0 Å². The molecule has 8 nitrogen and oxygen atoms in total. The van der Waals surface area contributed by atoms with Gasteiger partial charge in [-0.1, -0.05) is 26.0 Å². The van der Waals surface area contributed by atoms with Crippen LogP contribution in [0.1, 0.15) is 26.7 Å². The van der Waals surface area contributed by atoms with E-state index in [2.05, 4.69) is 9.97 Å². The highest BCUT2D eigenvalue weighted by Gasteiger charge is 2.45. The van der Waals surface area contributed by atoms with E-state index in [1.54, 1.807) is 13.8 Å². The van der Waals surface area contributed by atoms with Gasteiger partial charge >= 0.3 is 12.3 Å². The third-order valence-electron chi connectivity index (χ3n) is 3.49. The quantitative estimate of drug-likeness (QED) is 0.388. The molecule has 0 aliphatic carbocycles. The van der Waals surface area contributed by atoms with Crippen molar-refractivity contribution in [2.24, 2.45) is 0 Å². The molecule has 0 aliphatic rings. The minimum Gasteiger partial charge on any atom is -0.450 e. The molecule has 0 radical (unpaired) electrons. The number of para-hydroxylation sites is 2. The Balaban J connectivity index is 2.39. The van der Waals surface area contributed by atoms with E-state index in [1.807, 2.05) is 24.3 Å². The molecule has 24 heavy (non-hydrogen) atoms. The number of nitrogens with one attached hydrogen (secondary N) is 1. The number of thioether (sulfide) groups is 1. The van der Waals surface area contributed by atoms with Crippen molar-refractivity contribution in [3.8, 4) is 0 Å². The first-order chi connectivity index (χ1) is 11.4. The Morgan fingerprint density at radius 3 is 2.54 bits per heavy atom. The van der Waals surface area contributed by atoms with Crippen LogP contribution in [0.25, 0.3) is 11.0 Å². The summed E-state index contributed by atoms with van der Waals surface area (Å²) in [6.07, 6.45) is -3.52. The lowest BCUT2D eigenvalue weighted by Gasteiger charge is -2.35. The summed E-state index contributed by atoms with van der Waals surface area (Å²) in [6, 6.07) is 7.33. The molecule has 0 aliphatic heterocycles. The van der Waals surface area contributed by atoms with E-state index in [4.69, 9.17) is 19.7 Å². The van der Waals surface area contributed by atoms with Crippen LogP contribution in [0.2, 0.25) is 0 Å². The van der Waals surface area contributed by atoms with Gasteiger partial charge in [0.15, 0.2) is 11.3 Å². The van der Waals surface area contributed by atoms with E-state index < -0.39 is 23.3 Å². The molecule has 1 heterocycles.